The molecule has 0 heterocycles. The van der Waals surface area contributed by atoms with E-state index in [2.05, 4.69) is 0 Å². The Hall–Kier alpha value is -2.83. The quantitative estimate of drug-likeness (QED) is 0.147. The summed E-state index contributed by atoms with van der Waals surface area (Å²) in [5.74, 6) is -3.17. The molecule has 210 valence electrons. The lowest BCUT2D eigenvalue weighted by molar-refractivity contribution is -0.175. The summed E-state index contributed by atoms with van der Waals surface area (Å²) in [7, 11) is 0. The molecule has 1 aromatic rings. The second-order valence-electron chi connectivity index (χ2n) is 13.1. The first-order valence-corrected chi connectivity index (χ1v) is 13.9. The minimum Gasteiger partial charge on any atom is -0.506 e. The third kappa shape index (κ3) is 4.76. The van der Waals surface area contributed by atoms with Crippen molar-refractivity contribution >= 4 is 23.1 Å². The van der Waals surface area contributed by atoms with Gasteiger partial charge >= 0.3 is 0 Å². The average molecular weight is 535 g/mol. The smallest absolute Gasteiger partial charge is 0.184 e. The SMILES string of the molecule is CC(C)=CCC1(CC=C(C)C)C(=O)C(=C(O)c2ccccc2)C(=O)[C@@]2(C[C@H]3[C@@H](CC[C@@]3(C)O)[C@](C)(O)C2)C1=O. The number of Topliss-reactive ketones (excluding diaryl/α,β-unsaturated/α-hetero) is 3. The lowest BCUT2D eigenvalue weighted by Crippen LogP contribution is -2.65. The topological polar surface area (TPSA) is 112 Å². The van der Waals surface area contributed by atoms with Gasteiger partial charge in [-0.05, 0) is 91.9 Å². The molecular weight excluding hydrogens is 492 g/mol. The van der Waals surface area contributed by atoms with Crippen LogP contribution >= 0.6 is 0 Å². The van der Waals surface area contributed by atoms with Crippen LogP contribution in [-0.2, 0) is 14.4 Å². The lowest BCUT2D eigenvalue weighted by atomic mass is 9.47. The molecule has 6 nitrogen and oxygen atoms in total. The van der Waals surface area contributed by atoms with Gasteiger partial charge in [0.2, 0.25) is 0 Å². The molecule has 6 heteroatoms. The van der Waals surface area contributed by atoms with Gasteiger partial charge in [-0.2, -0.15) is 0 Å². The lowest BCUT2D eigenvalue weighted by Gasteiger charge is -2.54. The molecular formula is C33H42O6. The van der Waals surface area contributed by atoms with Gasteiger partial charge in [-0.25, -0.2) is 0 Å². The van der Waals surface area contributed by atoms with Crippen LogP contribution in [0.3, 0.4) is 0 Å². The van der Waals surface area contributed by atoms with Crippen LogP contribution in [0.5, 0.6) is 0 Å². The summed E-state index contributed by atoms with van der Waals surface area (Å²) in [5.41, 5.74) is -4.19. The Labute approximate surface area is 231 Å². The predicted molar refractivity (Wildman–Crippen MR) is 151 cm³/mol. The molecule has 0 radical (unpaired) electrons. The van der Waals surface area contributed by atoms with E-state index >= 15 is 0 Å². The molecule has 3 fully saturated rings. The third-order valence-corrected chi connectivity index (χ3v) is 9.47. The number of fused-ring (bicyclic) bond motifs is 1. The average Bonchev–Trinajstić information content (AvgIpc) is 3.17. The van der Waals surface area contributed by atoms with Crippen molar-refractivity contribution < 1.29 is 29.7 Å². The monoisotopic (exact) mass is 534 g/mol. The van der Waals surface area contributed by atoms with Crippen molar-refractivity contribution in [3.63, 3.8) is 0 Å². The maximum atomic E-state index is 14.9. The van der Waals surface area contributed by atoms with E-state index < -0.39 is 51.1 Å². The molecule has 1 aromatic carbocycles. The highest BCUT2D eigenvalue weighted by Gasteiger charge is 2.70. The minimum atomic E-state index is -1.75. The van der Waals surface area contributed by atoms with E-state index in [0.29, 0.717) is 18.4 Å². The fourth-order valence-corrected chi connectivity index (χ4v) is 7.32. The van der Waals surface area contributed by atoms with Crippen LogP contribution in [0, 0.1) is 22.7 Å². The number of carbonyl (C=O) groups excluding carboxylic acids is 3. The van der Waals surface area contributed by atoms with Crippen LogP contribution in [0.15, 0.2) is 59.2 Å². The highest BCUT2D eigenvalue weighted by atomic mass is 16.3. The van der Waals surface area contributed by atoms with Crippen LogP contribution in [0.4, 0.5) is 0 Å². The zero-order valence-electron chi connectivity index (χ0n) is 24.0. The molecule has 3 aliphatic carbocycles. The van der Waals surface area contributed by atoms with E-state index in [4.69, 9.17) is 0 Å². The molecule has 3 saturated carbocycles. The standard InChI is InChI=1S/C33H42O6/c1-20(2)12-16-32(17-13-21(3)4)27(35)25(26(34)22-10-8-7-9-11-22)28(36)33(29(32)37)18-24-23(31(6,39)19-33)14-15-30(24,5)38/h7-13,23-24,34,38-39H,14-19H2,1-6H3/t23-,24+,30-,31-,33+/m1/s1. The van der Waals surface area contributed by atoms with Crippen molar-refractivity contribution in [1.29, 1.82) is 0 Å². The van der Waals surface area contributed by atoms with Crippen LogP contribution in [0.2, 0.25) is 0 Å². The van der Waals surface area contributed by atoms with Gasteiger partial charge in [0, 0.05) is 5.56 Å². The molecule has 0 saturated heterocycles. The third-order valence-electron chi connectivity index (χ3n) is 9.47. The van der Waals surface area contributed by atoms with Gasteiger partial charge in [0.25, 0.3) is 0 Å². The maximum Gasteiger partial charge on any atom is 0.184 e. The van der Waals surface area contributed by atoms with Crippen LogP contribution in [-0.4, -0.2) is 43.9 Å². The van der Waals surface area contributed by atoms with Crippen LogP contribution in [0.1, 0.15) is 85.6 Å². The van der Waals surface area contributed by atoms with Crippen molar-refractivity contribution in [3.05, 3.63) is 64.8 Å². The Morgan fingerprint density at radius 2 is 1.44 bits per heavy atom. The van der Waals surface area contributed by atoms with Gasteiger partial charge in [-0.1, -0.05) is 53.6 Å². The number of hydrogen-bond acceptors (Lipinski definition) is 6. The van der Waals surface area contributed by atoms with Gasteiger partial charge in [-0.3, -0.25) is 14.4 Å². The van der Waals surface area contributed by atoms with Gasteiger partial charge in [0.15, 0.2) is 17.3 Å². The molecule has 39 heavy (non-hydrogen) atoms. The Morgan fingerprint density at radius 3 is 1.97 bits per heavy atom. The Bertz CT molecular complexity index is 1250. The summed E-state index contributed by atoms with van der Waals surface area (Å²) in [6.07, 6.45) is 4.74. The van der Waals surface area contributed by atoms with E-state index in [9.17, 15) is 29.7 Å². The van der Waals surface area contributed by atoms with Gasteiger partial charge in [0.05, 0.1) is 16.6 Å². The fraction of sp³-hybridized carbons (Fsp3) is 0.545. The van der Waals surface area contributed by atoms with E-state index in [1.54, 1.807) is 44.2 Å². The molecule has 3 N–H and O–H groups in total. The van der Waals surface area contributed by atoms with E-state index in [0.717, 1.165) is 11.1 Å². The normalized spacial score (nSPS) is 35.0. The first-order valence-electron chi connectivity index (χ1n) is 13.9. The predicted octanol–water partition coefficient (Wildman–Crippen LogP) is 5.68. The molecule has 0 aliphatic heterocycles. The molecule has 3 aliphatic rings. The molecule has 0 aromatic heterocycles. The minimum absolute atomic E-state index is 0.0305. The summed E-state index contributed by atoms with van der Waals surface area (Å²) >= 11 is 0. The molecule has 5 atom stereocenters. The maximum absolute atomic E-state index is 14.9. The summed E-state index contributed by atoms with van der Waals surface area (Å²) in [5, 5.41) is 34.5. The number of allylic oxidation sites excluding steroid dienone is 5. The Kier molecular flexibility index (Phi) is 7.46. The highest BCUT2D eigenvalue weighted by Crippen LogP contribution is 2.62. The van der Waals surface area contributed by atoms with Crippen molar-refractivity contribution in [3.8, 4) is 0 Å². The second kappa shape index (κ2) is 9.97. The Morgan fingerprint density at radius 1 is 0.872 bits per heavy atom. The van der Waals surface area contributed by atoms with E-state index in [1.165, 1.54) is 0 Å². The first-order chi connectivity index (χ1) is 18.1. The zero-order chi connectivity index (χ0) is 29.0. The first kappa shape index (κ1) is 29.2. The number of benzene rings is 1. The molecule has 1 spiro atoms. The number of ketones is 3. The number of aliphatic hydroxyl groups is 3. The summed E-state index contributed by atoms with van der Waals surface area (Å²) in [6.45, 7) is 10.9. The fourth-order valence-electron chi connectivity index (χ4n) is 7.32. The second-order valence-corrected chi connectivity index (χ2v) is 13.1. The van der Waals surface area contributed by atoms with Gasteiger partial charge in [0.1, 0.15) is 16.7 Å². The van der Waals surface area contributed by atoms with Gasteiger partial charge < -0.3 is 15.3 Å². The van der Waals surface area contributed by atoms with Crippen LogP contribution in [0.25, 0.3) is 5.76 Å². The molecule has 0 amide bonds. The van der Waals surface area contributed by atoms with E-state index in [1.807, 2.05) is 39.8 Å². The van der Waals surface area contributed by atoms with E-state index in [-0.39, 0.29) is 37.2 Å². The summed E-state index contributed by atoms with van der Waals surface area (Å²) in [6, 6.07) is 8.42. The van der Waals surface area contributed by atoms with Crippen LogP contribution < -0.4 is 0 Å². The van der Waals surface area contributed by atoms with Crippen molar-refractivity contribution in [2.24, 2.45) is 22.7 Å². The summed E-state index contributed by atoms with van der Waals surface area (Å²) in [4.78, 5) is 43.8. The zero-order valence-corrected chi connectivity index (χ0v) is 24.0. The highest BCUT2D eigenvalue weighted by molar-refractivity contribution is 6.41. The molecule has 0 unspecified atom stereocenters. The Balaban J connectivity index is 2.04. The number of hydrogen-bond donors (Lipinski definition) is 3. The molecule has 4 rings (SSSR count). The number of rotatable bonds is 5. The number of aliphatic hydroxyl groups excluding tert-OH is 1. The largest absolute Gasteiger partial charge is 0.506 e. The van der Waals surface area contributed by atoms with Crippen molar-refractivity contribution in [2.75, 3.05) is 0 Å². The molecule has 0 bridgehead atoms. The van der Waals surface area contributed by atoms with Crippen molar-refractivity contribution in [2.45, 2.75) is 91.3 Å². The van der Waals surface area contributed by atoms with Gasteiger partial charge in [-0.15, -0.1) is 0 Å². The summed E-state index contributed by atoms with van der Waals surface area (Å²) < 4.78 is 0. The van der Waals surface area contributed by atoms with Crippen molar-refractivity contribution in [1.82, 2.24) is 0 Å². The number of carbonyl (C=O) groups is 3.